The molecule has 2 amide bonds. The molecule has 6 atom stereocenters. The molecule has 5 nitrogen and oxygen atoms in total. The molecule has 0 spiro atoms. The van der Waals surface area contributed by atoms with Crippen LogP contribution in [0, 0.1) is 35.5 Å². The van der Waals surface area contributed by atoms with Gasteiger partial charge in [0, 0.05) is 16.1 Å². The monoisotopic (exact) mass is 432 g/mol. The molecule has 0 N–H and O–H groups in total. The van der Waals surface area contributed by atoms with Crippen LogP contribution >= 0.6 is 11.6 Å². The van der Waals surface area contributed by atoms with Gasteiger partial charge in [-0.3, -0.25) is 9.59 Å². The van der Waals surface area contributed by atoms with Gasteiger partial charge in [-0.05, 0) is 48.3 Å². The number of ether oxygens (including phenoxy) is 1. The standard InChI is InChI=1S/C25H21ClN2O3/c26-20-7-3-1-6-15(20)13-31-21-8-4-2-5-14(21)12-27-28-24(29)22-16-9-10-17(19-11-18(16)19)23(22)25(28)30/h1-10,12,16-19,22-23H,11,13H2/b27-12-/t16-,17+,18-,19-,22+,23+/m1/s1. The average Bonchev–Trinajstić information content (AvgIpc) is 3.57. The Morgan fingerprint density at radius 2 is 1.61 bits per heavy atom. The average molecular weight is 433 g/mol. The topological polar surface area (TPSA) is 59.0 Å². The third-order valence-corrected chi connectivity index (χ3v) is 7.58. The molecule has 4 aliphatic carbocycles. The molecule has 31 heavy (non-hydrogen) atoms. The summed E-state index contributed by atoms with van der Waals surface area (Å²) in [5.74, 6) is 1.37. The Morgan fingerprint density at radius 3 is 2.32 bits per heavy atom. The van der Waals surface area contributed by atoms with Crippen LogP contribution in [-0.4, -0.2) is 23.0 Å². The van der Waals surface area contributed by atoms with E-state index in [1.807, 2.05) is 48.5 Å². The van der Waals surface area contributed by atoms with E-state index in [1.165, 1.54) is 0 Å². The van der Waals surface area contributed by atoms with Gasteiger partial charge in [0.1, 0.15) is 12.4 Å². The van der Waals surface area contributed by atoms with Gasteiger partial charge in [-0.2, -0.15) is 10.1 Å². The predicted molar refractivity (Wildman–Crippen MR) is 116 cm³/mol. The van der Waals surface area contributed by atoms with E-state index in [2.05, 4.69) is 17.3 Å². The molecule has 2 saturated carbocycles. The Balaban J connectivity index is 1.22. The van der Waals surface area contributed by atoms with Crippen molar-refractivity contribution in [3.8, 4) is 5.75 Å². The second-order valence-electron chi connectivity index (χ2n) is 8.81. The van der Waals surface area contributed by atoms with E-state index in [-0.39, 0.29) is 35.5 Å². The van der Waals surface area contributed by atoms with Crippen LogP contribution in [0.3, 0.4) is 0 Å². The van der Waals surface area contributed by atoms with Gasteiger partial charge in [-0.15, -0.1) is 0 Å². The maximum absolute atomic E-state index is 13.1. The second-order valence-corrected chi connectivity index (χ2v) is 9.21. The lowest BCUT2D eigenvalue weighted by Gasteiger charge is -2.37. The zero-order chi connectivity index (χ0) is 21.1. The van der Waals surface area contributed by atoms with E-state index in [0.29, 0.717) is 34.8 Å². The molecular formula is C25H21ClN2O3. The van der Waals surface area contributed by atoms with Gasteiger partial charge in [-0.1, -0.05) is 54.1 Å². The van der Waals surface area contributed by atoms with Crippen molar-refractivity contribution in [1.29, 1.82) is 0 Å². The quantitative estimate of drug-likeness (QED) is 0.402. The van der Waals surface area contributed by atoms with Gasteiger partial charge in [0.05, 0.1) is 18.1 Å². The number of rotatable bonds is 5. The van der Waals surface area contributed by atoms with Crippen LogP contribution in [0.2, 0.25) is 5.02 Å². The maximum atomic E-state index is 13.1. The van der Waals surface area contributed by atoms with Crippen molar-refractivity contribution in [3.05, 3.63) is 76.8 Å². The lowest BCUT2D eigenvalue weighted by Crippen LogP contribution is -2.40. The number of allylic oxidation sites excluding steroid dienone is 2. The Labute approximate surface area is 185 Å². The largest absolute Gasteiger partial charge is 0.488 e. The van der Waals surface area contributed by atoms with Crippen molar-refractivity contribution in [3.63, 3.8) is 0 Å². The van der Waals surface area contributed by atoms with E-state index in [4.69, 9.17) is 16.3 Å². The molecule has 6 heteroatoms. The number of carbonyl (C=O) groups excluding carboxylic acids is 2. The van der Waals surface area contributed by atoms with Gasteiger partial charge in [-0.25, -0.2) is 0 Å². The summed E-state index contributed by atoms with van der Waals surface area (Å²) in [6.07, 6.45) is 7.02. The first-order chi connectivity index (χ1) is 15.1. The van der Waals surface area contributed by atoms with Crippen LogP contribution in [-0.2, 0) is 16.2 Å². The highest BCUT2D eigenvalue weighted by atomic mass is 35.5. The van der Waals surface area contributed by atoms with Gasteiger partial charge >= 0.3 is 0 Å². The minimum Gasteiger partial charge on any atom is -0.488 e. The molecule has 2 bridgehead atoms. The highest BCUT2D eigenvalue weighted by Crippen LogP contribution is 2.65. The molecule has 5 aliphatic rings. The summed E-state index contributed by atoms with van der Waals surface area (Å²) >= 11 is 6.22. The molecule has 1 heterocycles. The van der Waals surface area contributed by atoms with Crippen LogP contribution in [0.25, 0.3) is 0 Å². The summed E-state index contributed by atoms with van der Waals surface area (Å²) in [5, 5.41) is 6.06. The fraction of sp³-hybridized carbons (Fsp3) is 0.320. The summed E-state index contributed by atoms with van der Waals surface area (Å²) in [4.78, 5) is 26.1. The SMILES string of the molecule is O=C1[C@H]2[C@@H]3C=C[C@@H]([C@H]4C[C@H]34)[C@@H]2C(=O)N1/N=C\c1ccccc1OCc1ccccc1Cl. The van der Waals surface area contributed by atoms with Crippen molar-refractivity contribution < 1.29 is 14.3 Å². The molecular weight excluding hydrogens is 412 g/mol. The number of imide groups is 1. The van der Waals surface area contributed by atoms with E-state index in [1.54, 1.807) is 6.21 Å². The van der Waals surface area contributed by atoms with Gasteiger partial charge in [0.25, 0.3) is 11.8 Å². The van der Waals surface area contributed by atoms with E-state index in [0.717, 1.165) is 17.0 Å². The Kier molecular flexibility index (Phi) is 4.29. The highest BCUT2D eigenvalue weighted by Gasteiger charge is 2.67. The number of carbonyl (C=O) groups is 2. The van der Waals surface area contributed by atoms with Crippen LogP contribution in [0.4, 0.5) is 0 Å². The number of hydrogen-bond acceptors (Lipinski definition) is 4. The van der Waals surface area contributed by atoms with Crippen molar-refractivity contribution >= 4 is 29.6 Å². The minimum atomic E-state index is -0.241. The Morgan fingerprint density at radius 1 is 0.968 bits per heavy atom. The Bertz CT molecular complexity index is 1110. The molecule has 2 aromatic rings. The molecule has 1 aliphatic heterocycles. The lowest BCUT2D eigenvalue weighted by atomic mass is 9.63. The summed E-state index contributed by atoms with van der Waals surface area (Å²) < 4.78 is 5.96. The number of nitrogens with zero attached hydrogens (tertiary/aromatic N) is 2. The molecule has 0 unspecified atom stereocenters. The molecule has 7 rings (SSSR count). The number of para-hydroxylation sites is 1. The van der Waals surface area contributed by atoms with Crippen LogP contribution in [0.15, 0.2) is 65.8 Å². The normalized spacial score (nSPS) is 32.5. The molecule has 3 fully saturated rings. The van der Waals surface area contributed by atoms with Crippen molar-refractivity contribution in [2.45, 2.75) is 13.0 Å². The van der Waals surface area contributed by atoms with Gasteiger partial charge < -0.3 is 4.74 Å². The fourth-order valence-corrected chi connectivity index (χ4v) is 5.85. The van der Waals surface area contributed by atoms with Gasteiger partial charge in [0.15, 0.2) is 0 Å². The summed E-state index contributed by atoms with van der Waals surface area (Å²) in [6, 6.07) is 14.9. The van der Waals surface area contributed by atoms with Crippen molar-refractivity contribution in [2.24, 2.45) is 40.6 Å². The van der Waals surface area contributed by atoms with E-state index >= 15 is 0 Å². The summed E-state index contributed by atoms with van der Waals surface area (Å²) in [5.41, 5.74) is 1.58. The molecule has 156 valence electrons. The lowest BCUT2D eigenvalue weighted by molar-refractivity contribution is -0.140. The van der Waals surface area contributed by atoms with Crippen LogP contribution in [0.1, 0.15) is 17.5 Å². The van der Waals surface area contributed by atoms with E-state index in [9.17, 15) is 9.59 Å². The van der Waals surface area contributed by atoms with Crippen LogP contribution < -0.4 is 4.74 Å². The number of hydrazone groups is 1. The number of amides is 2. The highest BCUT2D eigenvalue weighted by molar-refractivity contribution is 6.31. The third kappa shape index (κ3) is 2.94. The molecule has 2 aromatic carbocycles. The maximum Gasteiger partial charge on any atom is 0.254 e. The number of halogens is 1. The van der Waals surface area contributed by atoms with Gasteiger partial charge in [0.2, 0.25) is 0 Å². The first-order valence-electron chi connectivity index (χ1n) is 10.7. The molecule has 0 aromatic heterocycles. The molecule has 0 radical (unpaired) electrons. The number of hydrogen-bond donors (Lipinski definition) is 0. The second kappa shape index (κ2) is 7.06. The van der Waals surface area contributed by atoms with Crippen molar-refractivity contribution in [2.75, 3.05) is 0 Å². The molecule has 1 saturated heterocycles. The summed E-state index contributed by atoms with van der Waals surface area (Å²) in [6.45, 7) is 0.314. The van der Waals surface area contributed by atoms with Crippen molar-refractivity contribution in [1.82, 2.24) is 5.01 Å². The minimum absolute atomic E-state index is 0.162. The zero-order valence-electron chi connectivity index (χ0n) is 16.7. The van der Waals surface area contributed by atoms with Crippen LogP contribution in [0.5, 0.6) is 5.75 Å². The number of benzene rings is 2. The fourth-order valence-electron chi connectivity index (χ4n) is 5.66. The van der Waals surface area contributed by atoms with E-state index < -0.39 is 0 Å². The zero-order valence-corrected chi connectivity index (χ0v) is 17.5. The first-order valence-corrected chi connectivity index (χ1v) is 11.1. The predicted octanol–water partition coefficient (Wildman–Crippen LogP) is 4.31. The summed E-state index contributed by atoms with van der Waals surface area (Å²) in [7, 11) is 0. The first kappa shape index (κ1) is 18.8. The Hall–Kier alpha value is -2.92. The smallest absolute Gasteiger partial charge is 0.254 e. The third-order valence-electron chi connectivity index (χ3n) is 7.21.